The number of anilines is 3. The molecule has 0 bridgehead atoms. The molecule has 1 heterocycles. The van der Waals surface area contributed by atoms with Gasteiger partial charge in [0.05, 0.1) is 11.1 Å². The van der Waals surface area contributed by atoms with Crippen LogP contribution in [0, 0.1) is 0 Å². The Bertz CT molecular complexity index is 2400. The number of hydrogen-bond acceptors (Lipinski definition) is 2. The molecule has 1 aromatic heterocycles. The minimum atomic E-state index is -0.0951. The molecule has 9 rings (SSSR count). The fourth-order valence-corrected chi connectivity index (χ4v) is 7.52. The zero-order valence-corrected chi connectivity index (χ0v) is 25.3. The second-order valence-electron chi connectivity index (χ2n) is 12.5. The maximum Gasteiger partial charge on any atom is 0.143 e. The van der Waals surface area contributed by atoms with Crippen LogP contribution >= 0.6 is 0 Å². The zero-order chi connectivity index (χ0) is 30.1. The molecule has 0 radical (unpaired) electrons. The number of fused-ring (bicyclic) bond motifs is 7. The summed E-state index contributed by atoms with van der Waals surface area (Å²) in [6.45, 7) is 4.68. The summed E-state index contributed by atoms with van der Waals surface area (Å²) in [7, 11) is 0. The first kappa shape index (κ1) is 25.9. The molecule has 1 aliphatic rings. The van der Waals surface area contributed by atoms with E-state index in [2.05, 4.69) is 170 Å². The summed E-state index contributed by atoms with van der Waals surface area (Å²) in [5, 5.41) is 4.62. The number of nitrogens with zero attached hydrogens (tertiary/aromatic N) is 1. The van der Waals surface area contributed by atoms with Gasteiger partial charge in [0.1, 0.15) is 11.2 Å². The third kappa shape index (κ3) is 3.82. The van der Waals surface area contributed by atoms with E-state index in [1.807, 2.05) is 0 Å². The van der Waals surface area contributed by atoms with Crippen LogP contribution in [0.2, 0.25) is 0 Å². The second-order valence-corrected chi connectivity index (χ2v) is 12.5. The molecule has 2 nitrogen and oxygen atoms in total. The van der Waals surface area contributed by atoms with Crippen molar-refractivity contribution >= 4 is 49.8 Å². The number of hydrogen-bond donors (Lipinski definition) is 0. The van der Waals surface area contributed by atoms with E-state index in [-0.39, 0.29) is 5.41 Å². The van der Waals surface area contributed by atoms with E-state index in [0.29, 0.717) is 0 Å². The molecule has 0 aliphatic heterocycles. The van der Waals surface area contributed by atoms with Crippen LogP contribution in [0.5, 0.6) is 0 Å². The van der Waals surface area contributed by atoms with Crippen LogP contribution in [0.4, 0.5) is 17.1 Å². The average Bonchev–Trinajstić information content (AvgIpc) is 3.57. The summed E-state index contributed by atoms with van der Waals surface area (Å²) in [6.07, 6.45) is 0. The maximum absolute atomic E-state index is 6.83. The van der Waals surface area contributed by atoms with Gasteiger partial charge in [-0.2, -0.15) is 0 Å². The largest absolute Gasteiger partial charge is 0.455 e. The SMILES string of the molecule is CC1(C)c2ccccc2-c2ccc(N(c3ccccc3)c3cccc4oc5c(-c6ccccc6)c6ccccc6cc5c34)cc21. The third-order valence-electron chi connectivity index (χ3n) is 9.63. The first-order valence-corrected chi connectivity index (χ1v) is 15.6. The molecule has 2 heteroatoms. The van der Waals surface area contributed by atoms with E-state index in [4.69, 9.17) is 4.42 Å². The molecule has 0 N–H and O–H groups in total. The lowest BCUT2D eigenvalue weighted by Gasteiger charge is -2.28. The molecule has 45 heavy (non-hydrogen) atoms. The van der Waals surface area contributed by atoms with E-state index < -0.39 is 0 Å². The van der Waals surface area contributed by atoms with Gasteiger partial charge in [-0.3, -0.25) is 0 Å². The minimum absolute atomic E-state index is 0.0951. The second kappa shape index (κ2) is 9.70. The number of para-hydroxylation sites is 1. The van der Waals surface area contributed by atoms with Gasteiger partial charge in [-0.15, -0.1) is 0 Å². The Labute approximate surface area is 262 Å². The predicted molar refractivity (Wildman–Crippen MR) is 189 cm³/mol. The Kier molecular flexibility index (Phi) is 5.58. The molecule has 0 fully saturated rings. The molecule has 0 unspecified atom stereocenters. The van der Waals surface area contributed by atoms with Gasteiger partial charge in [-0.25, -0.2) is 0 Å². The Balaban J connectivity index is 1.34. The summed E-state index contributed by atoms with van der Waals surface area (Å²) < 4.78 is 6.83. The number of rotatable bonds is 4. The maximum atomic E-state index is 6.83. The van der Waals surface area contributed by atoms with Crippen LogP contribution < -0.4 is 4.90 Å². The molecule has 1 aliphatic carbocycles. The van der Waals surface area contributed by atoms with Crippen molar-refractivity contribution in [1.29, 1.82) is 0 Å². The van der Waals surface area contributed by atoms with Crippen molar-refractivity contribution in [3.05, 3.63) is 163 Å². The van der Waals surface area contributed by atoms with Gasteiger partial charge in [0.15, 0.2) is 0 Å². The van der Waals surface area contributed by atoms with E-state index in [9.17, 15) is 0 Å². The van der Waals surface area contributed by atoms with Crippen molar-refractivity contribution in [3.8, 4) is 22.3 Å². The standard InChI is InChI=1S/C43H31NO/c1-43(2)36-21-12-11-20-33(36)34-25-24-31(27-37(34)43)44(30-17-7-4-8-18-30)38-22-13-23-39-41(38)35-26-29-16-9-10-19-32(29)40(42(35)45-39)28-14-5-3-6-15-28/h3-27H,1-2H3. The molecule has 0 atom stereocenters. The van der Waals surface area contributed by atoms with Gasteiger partial charge in [-0.1, -0.05) is 123 Å². The molecule has 7 aromatic carbocycles. The topological polar surface area (TPSA) is 16.4 Å². The minimum Gasteiger partial charge on any atom is -0.455 e. The van der Waals surface area contributed by atoms with Crippen molar-refractivity contribution in [2.45, 2.75) is 19.3 Å². The Morgan fingerprint density at radius 3 is 2.09 bits per heavy atom. The Morgan fingerprint density at radius 2 is 1.24 bits per heavy atom. The number of benzene rings is 7. The van der Waals surface area contributed by atoms with E-state index in [0.717, 1.165) is 50.1 Å². The first-order chi connectivity index (χ1) is 22.1. The van der Waals surface area contributed by atoms with Crippen molar-refractivity contribution in [3.63, 3.8) is 0 Å². The highest BCUT2D eigenvalue weighted by atomic mass is 16.3. The quantitative estimate of drug-likeness (QED) is 0.207. The highest BCUT2D eigenvalue weighted by Gasteiger charge is 2.36. The lowest BCUT2D eigenvalue weighted by molar-refractivity contribution is 0.660. The van der Waals surface area contributed by atoms with E-state index >= 15 is 0 Å². The van der Waals surface area contributed by atoms with Crippen molar-refractivity contribution < 1.29 is 4.42 Å². The fourth-order valence-electron chi connectivity index (χ4n) is 7.52. The van der Waals surface area contributed by atoms with Gasteiger partial charge in [-0.05, 0) is 81.1 Å². The lowest BCUT2D eigenvalue weighted by Crippen LogP contribution is -2.16. The Hall–Kier alpha value is -5.60. The van der Waals surface area contributed by atoms with Crippen LogP contribution in [-0.4, -0.2) is 0 Å². The summed E-state index contributed by atoms with van der Waals surface area (Å²) in [4.78, 5) is 2.40. The predicted octanol–water partition coefficient (Wildman–Crippen LogP) is 12.2. The average molecular weight is 578 g/mol. The van der Waals surface area contributed by atoms with E-state index in [1.54, 1.807) is 0 Å². The van der Waals surface area contributed by atoms with Crippen LogP contribution in [-0.2, 0) is 5.41 Å². The zero-order valence-electron chi connectivity index (χ0n) is 25.3. The van der Waals surface area contributed by atoms with Crippen LogP contribution in [0.25, 0.3) is 55.0 Å². The normalized spacial score (nSPS) is 13.3. The lowest BCUT2D eigenvalue weighted by atomic mass is 9.82. The van der Waals surface area contributed by atoms with Gasteiger partial charge in [0.25, 0.3) is 0 Å². The highest BCUT2D eigenvalue weighted by Crippen LogP contribution is 2.52. The van der Waals surface area contributed by atoms with Crippen molar-refractivity contribution in [2.75, 3.05) is 4.90 Å². The summed E-state index contributed by atoms with van der Waals surface area (Å²) >= 11 is 0. The summed E-state index contributed by atoms with van der Waals surface area (Å²) in [6, 6.07) is 54.5. The first-order valence-electron chi connectivity index (χ1n) is 15.6. The van der Waals surface area contributed by atoms with Gasteiger partial charge < -0.3 is 9.32 Å². The molecule has 0 saturated carbocycles. The van der Waals surface area contributed by atoms with Crippen molar-refractivity contribution in [1.82, 2.24) is 0 Å². The molecule has 0 spiro atoms. The fraction of sp³-hybridized carbons (Fsp3) is 0.0698. The molecule has 214 valence electrons. The molecular formula is C43H31NO. The molecular weight excluding hydrogens is 546 g/mol. The number of furan rings is 1. The van der Waals surface area contributed by atoms with Crippen LogP contribution in [0.15, 0.2) is 156 Å². The Morgan fingerprint density at radius 1 is 0.533 bits per heavy atom. The highest BCUT2D eigenvalue weighted by molar-refractivity contribution is 6.21. The smallest absolute Gasteiger partial charge is 0.143 e. The van der Waals surface area contributed by atoms with Crippen LogP contribution in [0.1, 0.15) is 25.0 Å². The van der Waals surface area contributed by atoms with Gasteiger partial charge in [0.2, 0.25) is 0 Å². The molecule has 0 amide bonds. The monoisotopic (exact) mass is 577 g/mol. The van der Waals surface area contributed by atoms with Gasteiger partial charge >= 0.3 is 0 Å². The summed E-state index contributed by atoms with van der Waals surface area (Å²) in [5.41, 5.74) is 12.7. The van der Waals surface area contributed by atoms with Crippen molar-refractivity contribution in [2.24, 2.45) is 0 Å². The third-order valence-corrected chi connectivity index (χ3v) is 9.63. The van der Waals surface area contributed by atoms with E-state index in [1.165, 1.54) is 33.0 Å². The summed E-state index contributed by atoms with van der Waals surface area (Å²) in [5.74, 6) is 0. The molecule has 8 aromatic rings. The van der Waals surface area contributed by atoms with Crippen LogP contribution in [0.3, 0.4) is 0 Å². The molecule has 0 saturated heterocycles. The van der Waals surface area contributed by atoms with Gasteiger partial charge in [0, 0.05) is 27.7 Å².